The first-order chi connectivity index (χ1) is 8.69. The summed E-state index contributed by atoms with van der Waals surface area (Å²) < 4.78 is 0. The van der Waals surface area contributed by atoms with E-state index in [4.69, 9.17) is 0 Å². The second-order valence-corrected chi connectivity index (χ2v) is 4.13. The van der Waals surface area contributed by atoms with Gasteiger partial charge in [0.15, 0.2) is 0 Å². The Morgan fingerprint density at radius 3 is 2.67 bits per heavy atom. The number of para-hydroxylation sites is 1. The number of aryl methyl sites for hydroxylation is 1. The van der Waals surface area contributed by atoms with Crippen LogP contribution in [0.2, 0.25) is 0 Å². The summed E-state index contributed by atoms with van der Waals surface area (Å²) in [6.07, 6.45) is 4.95. The highest BCUT2D eigenvalue weighted by molar-refractivity contribution is 5.57. The van der Waals surface area contributed by atoms with E-state index in [2.05, 4.69) is 29.8 Å². The van der Waals surface area contributed by atoms with E-state index in [0.29, 0.717) is 0 Å². The lowest BCUT2D eigenvalue weighted by Gasteiger charge is -1.98. The van der Waals surface area contributed by atoms with E-state index >= 15 is 0 Å². The molecule has 0 saturated heterocycles. The average Bonchev–Trinajstić information content (AvgIpc) is 2.39. The SMILES string of the molecule is C/C=C\C(N=C=Nc1ccccc1C)=C(\C)CC. The van der Waals surface area contributed by atoms with Crippen LogP contribution in [-0.4, -0.2) is 6.01 Å². The van der Waals surface area contributed by atoms with E-state index in [0.717, 1.165) is 23.4 Å². The van der Waals surface area contributed by atoms with Crippen LogP contribution in [-0.2, 0) is 0 Å². The molecule has 0 aliphatic carbocycles. The van der Waals surface area contributed by atoms with Crippen LogP contribution in [0.5, 0.6) is 0 Å². The molecule has 0 aliphatic heterocycles. The molecule has 0 unspecified atom stereocenters. The smallest absolute Gasteiger partial charge is 0.100 e. The van der Waals surface area contributed by atoms with E-state index in [1.165, 1.54) is 5.57 Å². The van der Waals surface area contributed by atoms with Gasteiger partial charge >= 0.3 is 0 Å². The molecule has 1 aromatic rings. The number of hydrogen-bond donors (Lipinski definition) is 0. The first-order valence-corrected chi connectivity index (χ1v) is 6.23. The Morgan fingerprint density at radius 2 is 2.06 bits per heavy atom. The van der Waals surface area contributed by atoms with Gasteiger partial charge in [-0.05, 0) is 50.5 Å². The number of rotatable bonds is 4. The van der Waals surface area contributed by atoms with Crippen molar-refractivity contribution in [2.24, 2.45) is 9.98 Å². The lowest BCUT2D eigenvalue weighted by molar-refractivity contribution is 1.06. The van der Waals surface area contributed by atoms with Crippen molar-refractivity contribution < 1.29 is 0 Å². The van der Waals surface area contributed by atoms with Gasteiger partial charge in [0.1, 0.15) is 6.01 Å². The number of aliphatic imine (C=N–C) groups is 2. The molecular weight excluding hydrogens is 220 g/mol. The Bertz CT molecular complexity index is 516. The monoisotopic (exact) mass is 240 g/mol. The van der Waals surface area contributed by atoms with Crippen molar-refractivity contribution in [2.45, 2.75) is 34.1 Å². The third-order valence-electron chi connectivity index (χ3n) is 2.75. The molecule has 1 rings (SSSR count). The van der Waals surface area contributed by atoms with Crippen LogP contribution in [0, 0.1) is 6.92 Å². The summed E-state index contributed by atoms with van der Waals surface area (Å²) in [4.78, 5) is 8.56. The Kier molecular flexibility index (Phi) is 5.83. The maximum absolute atomic E-state index is 4.30. The summed E-state index contributed by atoms with van der Waals surface area (Å²) in [6, 6.07) is 10.7. The summed E-state index contributed by atoms with van der Waals surface area (Å²) in [5, 5.41) is 0. The number of hydrogen-bond acceptors (Lipinski definition) is 2. The largest absolute Gasteiger partial charge is 0.188 e. The normalized spacial score (nSPS) is 12.0. The number of nitrogens with zero attached hydrogens (tertiary/aromatic N) is 2. The summed E-state index contributed by atoms with van der Waals surface area (Å²) in [7, 11) is 0. The van der Waals surface area contributed by atoms with E-state index in [-0.39, 0.29) is 0 Å². The predicted octanol–water partition coefficient (Wildman–Crippen LogP) is 5.06. The number of benzene rings is 1. The molecule has 0 heterocycles. The second-order valence-electron chi connectivity index (χ2n) is 4.13. The highest BCUT2D eigenvalue weighted by atomic mass is 14.8. The quantitative estimate of drug-likeness (QED) is 0.519. The minimum Gasteiger partial charge on any atom is -0.188 e. The van der Waals surface area contributed by atoms with Crippen LogP contribution in [0.4, 0.5) is 5.69 Å². The molecule has 0 bridgehead atoms. The summed E-state index contributed by atoms with van der Waals surface area (Å²) in [6.45, 7) is 8.21. The maximum atomic E-state index is 4.30. The van der Waals surface area contributed by atoms with Gasteiger partial charge in [-0.2, -0.15) is 9.98 Å². The van der Waals surface area contributed by atoms with Crippen molar-refractivity contribution in [3.8, 4) is 0 Å². The standard InChI is InChI=1S/C16H20N2/c1-5-9-15(13(3)6-2)17-12-18-16-11-8-7-10-14(16)4/h5,7-11H,6H2,1-4H3/b9-5-,15-13+. The number of allylic oxidation sites excluding steroid dienone is 3. The topological polar surface area (TPSA) is 24.7 Å². The summed E-state index contributed by atoms with van der Waals surface area (Å²) >= 11 is 0. The fourth-order valence-electron chi connectivity index (χ4n) is 1.44. The Labute approximate surface area is 109 Å². The third-order valence-corrected chi connectivity index (χ3v) is 2.75. The fourth-order valence-corrected chi connectivity index (χ4v) is 1.44. The van der Waals surface area contributed by atoms with Gasteiger partial charge in [-0.3, -0.25) is 0 Å². The van der Waals surface area contributed by atoms with Gasteiger partial charge in [0, 0.05) is 0 Å². The van der Waals surface area contributed by atoms with E-state index < -0.39 is 0 Å². The van der Waals surface area contributed by atoms with Crippen molar-refractivity contribution >= 4 is 11.7 Å². The molecule has 94 valence electrons. The molecule has 0 aliphatic rings. The van der Waals surface area contributed by atoms with Gasteiger partial charge in [-0.25, -0.2) is 0 Å². The predicted molar refractivity (Wildman–Crippen MR) is 78.5 cm³/mol. The van der Waals surface area contributed by atoms with E-state index in [1.807, 2.05) is 50.3 Å². The van der Waals surface area contributed by atoms with Gasteiger partial charge in [0.05, 0.1) is 11.4 Å². The molecule has 2 nitrogen and oxygen atoms in total. The highest BCUT2D eigenvalue weighted by Crippen LogP contribution is 2.16. The van der Waals surface area contributed by atoms with Crippen molar-refractivity contribution in [3.05, 3.63) is 53.3 Å². The molecule has 0 saturated carbocycles. The third kappa shape index (κ3) is 4.15. The van der Waals surface area contributed by atoms with Crippen molar-refractivity contribution in [1.29, 1.82) is 0 Å². The maximum Gasteiger partial charge on any atom is 0.100 e. The van der Waals surface area contributed by atoms with Crippen molar-refractivity contribution in [1.82, 2.24) is 0 Å². The highest BCUT2D eigenvalue weighted by Gasteiger charge is 1.94. The lowest BCUT2D eigenvalue weighted by Crippen LogP contribution is -1.80. The summed E-state index contributed by atoms with van der Waals surface area (Å²) in [5.74, 6) is 0. The van der Waals surface area contributed by atoms with Gasteiger partial charge in [0.25, 0.3) is 0 Å². The van der Waals surface area contributed by atoms with Gasteiger partial charge < -0.3 is 0 Å². The molecule has 18 heavy (non-hydrogen) atoms. The molecule has 2 heteroatoms. The molecule has 0 N–H and O–H groups in total. The van der Waals surface area contributed by atoms with Crippen LogP contribution in [0.1, 0.15) is 32.8 Å². The van der Waals surface area contributed by atoms with E-state index in [9.17, 15) is 0 Å². The summed E-state index contributed by atoms with van der Waals surface area (Å²) in [5.41, 5.74) is 4.22. The van der Waals surface area contributed by atoms with E-state index in [1.54, 1.807) is 0 Å². The van der Waals surface area contributed by atoms with Crippen LogP contribution in [0.25, 0.3) is 0 Å². The Morgan fingerprint density at radius 1 is 1.33 bits per heavy atom. The van der Waals surface area contributed by atoms with Gasteiger partial charge in [-0.15, -0.1) is 0 Å². The lowest BCUT2D eigenvalue weighted by atomic mass is 10.2. The fraction of sp³-hybridized carbons (Fsp3) is 0.312. The van der Waals surface area contributed by atoms with Crippen LogP contribution >= 0.6 is 0 Å². The molecule has 0 aromatic heterocycles. The molecule has 0 spiro atoms. The van der Waals surface area contributed by atoms with Crippen LogP contribution in [0.15, 0.2) is 57.7 Å². The Balaban J connectivity index is 3.02. The zero-order valence-electron chi connectivity index (χ0n) is 11.6. The van der Waals surface area contributed by atoms with Crippen LogP contribution < -0.4 is 0 Å². The van der Waals surface area contributed by atoms with Crippen molar-refractivity contribution in [2.75, 3.05) is 0 Å². The first-order valence-electron chi connectivity index (χ1n) is 6.23. The molecule has 0 atom stereocenters. The van der Waals surface area contributed by atoms with Gasteiger partial charge in [0.2, 0.25) is 0 Å². The first kappa shape index (κ1) is 14.1. The minimum absolute atomic E-state index is 0.912. The van der Waals surface area contributed by atoms with Crippen LogP contribution in [0.3, 0.4) is 0 Å². The molecule has 0 radical (unpaired) electrons. The Hall–Kier alpha value is -1.92. The zero-order valence-corrected chi connectivity index (χ0v) is 11.6. The molecular formula is C16H20N2. The zero-order chi connectivity index (χ0) is 13.4. The molecule has 0 fully saturated rings. The van der Waals surface area contributed by atoms with Gasteiger partial charge in [-0.1, -0.05) is 31.2 Å². The second kappa shape index (κ2) is 7.41. The van der Waals surface area contributed by atoms with Crippen molar-refractivity contribution in [3.63, 3.8) is 0 Å². The molecule has 1 aromatic carbocycles. The minimum atomic E-state index is 0.912. The molecule has 0 amide bonds. The average molecular weight is 240 g/mol.